The molecule has 2 unspecified atom stereocenters. The molecule has 2 nitrogen and oxygen atoms in total. The number of benzene rings is 1. The maximum atomic E-state index is 13.7. The smallest absolute Gasteiger partial charge is 0.128 e. The summed E-state index contributed by atoms with van der Waals surface area (Å²) in [6, 6.07) is 8.73. The van der Waals surface area contributed by atoms with Crippen LogP contribution in [0.25, 0.3) is 0 Å². The average molecular weight is 220 g/mol. The van der Waals surface area contributed by atoms with Crippen molar-refractivity contribution in [1.29, 1.82) is 5.26 Å². The Morgan fingerprint density at radius 3 is 2.44 bits per heavy atom. The molecule has 0 bridgehead atoms. The third kappa shape index (κ3) is 2.59. The van der Waals surface area contributed by atoms with E-state index in [2.05, 4.69) is 6.07 Å². The first-order valence-electron chi connectivity index (χ1n) is 5.42. The molecular weight excluding hydrogens is 203 g/mol. The third-order valence-electron chi connectivity index (χ3n) is 2.77. The molecule has 0 N–H and O–H groups in total. The van der Waals surface area contributed by atoms with E-state index >= 15 is 0 Å². The monoisotopic (exact) mass is 220 g/mol. The summed E-state index contributed by atoms with van der Waals surface area (Å²) in [4.78, 5) is 1.90. The van der Waals surface area contributed by atoms with Crippen molar-refractivity contribution in [2.24, 2.45) is 5.92 Å². The van der Waals surface area contributed by atoms with Crippen LogP contribution in [0.3, 0.4) is 0 Å². The van der Waals surface area contributed by atoms with Crippen LogP contribution in [0.1, 0.15) is 24.9 Å². The minimum Gasteiger partial charge on any atom is -0.301 e. The van der Waals surface area contributed by atoms with Crippen molar-refractivity contribution in [3.8, 4) is 6.07 Å². The Morgan fingerprint density at radius 2 is 2.00 bits per heavy atom. The van der Waals surface area contributed by atoms with Crippen LogP contribution in [0.4, 0.5) is 4.39 Å². The van der Waals surface area contributed by atoms with E-state index in [1.807, 2.05) is 25.9 Å². The van der Waals surface area contributed by atoms with E-state index in [0.29, 0.717) is 12.0 Å². The van der Waals surface area contributed by atoms with Gasteiger partial charge in [-0.15, -0.1) is 0 Å². The molecule has 16 heavy (non-hydrogen) atoms. The van der Waals surface area contributed by atoms with Gasteiger partial charge in [-0.05, 0) is 26.6 Å². The van der Waals surface area contributed by atoms with Crippen molar-refractivity contribution < 1.29 is 4.39 Å². The maximum absolute atomic E-state index is 13.7. The molecule has 0 aromatic heterocycles. The number of rotatable bonds is 4. The van der Waals surface area contributed by atoms with Crippen LogP contribution >= 0.6 is 0 Å². The number of nitrogens with zero attached hydrogens (tertiary/aromatic N) is 2. The van der Waals surface area contributed by atoms with E-state index in [1.165, 1.54) is 6.07 Å². The first kappa shape index (κ1) is 12.7. The highest BCUT2D eigenvalue weighted by Gasteiger charge is 2.25. The molecule has 1 aromatic rings. The van der Waals surface area contributed by atoms with Gasteiger partial charge in [-0.2, -0.15) is 5.26 Å². The molecule has 0 heterocycles. The number of hydrogen-bond donors (Lipinski definition) is 0. The van der Waals surface area contributed by atoms with Gasteiger partial charge in [0.25, 0.3) is 0 Å². The van der Waals surface area contributed by atoms with Crippen molar-refractivity contribution in [2.75, 3.05) is 14.1 Å². The number of halogens is 1. The highest BCUT2D eigenvalue weighted by atomic mass is 19.1. The molecule has 0 spiro atoms. The molecular formula is C13H17FN2. The fourth-order valence-corrected chi connectivity index (χ4v) is 1.95. The number of nitriles is 1. The molecule has 0 aliphatic heterocycles. The van der Waals surface area contributed by atoms with Gasteiger partial charge in [-0.1, -0.05) is 25.1 Å². The normalized spacial score (nSPS) is 14.5. The van der Waals surface area contributed by atoms with Crippen molar-refractivity contribution in [1.82, 2.24) is 4.90 Å². The predicted molar refractivity (Wildman–Crippen MR) is 62.2 cm³/mol. The fourth-order valence-electron chi connectivity index (χ4n) is 1.95. The summed E-state index contributed by atoms with van der Waals surface area (Å²) in [6.07, 6.45) is 0.716. The summed E-state index contributed by atoms with van der Waals surface area (Å²) >= 11 is 0. The second kappa shape index (κ2) is 5.62. The average Bonchev–Trinajstić information content (AvgIpc) is 2.27. The highest BCUT2D eigenvalue weighted by molar-refractivity contribution is 5.23. The first-order chi connectivity index (χ1) is 7.61. The lowest BCUT2D eigenvalue weighted by Crippen LogP contribution is -2.27. The predicted octanol–water partition coefficient (Wildman–Crippen LogP) is 2.98. The SMILES string of the molecule is CCC(C#N)C(c1ccccc1F)N(C)C. The molecule has 86 valence electrons. The molecule has 1 rings (SSSR count). The second-order valence-corrected chi connectivity index (χ2v) is 4.07. The summed E-state index contributed by atoms with van der Waals surface area (Å²) in [5, 5.41) is 9.10. The highest BCUT2D eigenvalue weighted by Crippen LogP contribution is 2.30. The van der Waals surface area contributed by atoms with Gasteiger partial charge in [-0.3, -0.25) is 0 Å². The Labute approximate surface area is 96.3 Å². The van der Waals surface area contributed by atoms with Crippen LogP contribution in [0.5, 0.6) is 0 Å². The second-order valence-electron chi connectivity index (χ2n) is 4.07. The Balaban J connectivity index is 3.13. The van der Waals surface area contributed by atoms with Gasteiger partial charge < -0.3 is 4.90 Å². The Hall–Kier alpha value is -1.40. The summed E-state index contributed by atoms with van der Waals surface area (Å²) in [6.45, 7) is 1.95. The van der Waals surface area contributed by atoms with Gasteiger partial charge in [-0.25, -0.2) is 4.39 Å². The van der Waals surface area contributed by atoms with Gasteiger partial charge in [0, 0.05) is 5.56 Å². The minimum absolute atomic E-state index is 0.184. The zero-order valence-electron chi connectivity index (χ0n) is 9.94. The molecule has 2 atom stereocenters. The van der Waals surface area contributed by atoms with E-state index < -0.39 is 0 Å². The first-order valence-corrected chi connectivity index (χ1v) is 5.42. The zero-order chi connectivity index (χ0) is 12.1. The lowest BCUT2D eigenvalue weighted by atomic mass is 9.91. The van der Waals surface area contributed by atoms with Crippen LogP contribution < -0.4 is 0 Å². The molecule has 0 saturated heterocycles. The van der Waals surface area contributed by atoms with Crippen LogP contribution in [0.15, 0.2) is 24.3 Å². The standard InChI is InChI=1S/C13H17FN2/c1-4-10(9-15)13(16(2)3)11-7-5-6-8-12(11)14/h5-8,10,13H,4H2,1-3H3. The third-order valence-corrected chi connectivity index (χ3v) is 2.77. The topological polar surface area (TPSA) is 27.0 Å². The molecule has 0 aliphatic rings. The summed E-state index contributed by atoms with van der Waals surface area (Å²) in [7, 11) is 3.74. The lowest BCUT2D eigenvalue weighted by Gasteiger charge is -2.28. The lowest BCUT2D eigenvalue weighted by molar-refractivity contribution is 0.235. The minimum atomic E-state index is -0.241. The molecule has 1 aromatic carbocycles. The van der Waals surface area contributed by atoms with E-state index in [4.69, 9.17) is 5.26 Å². The van der Waals surface area contributed by atoms with Crippen LogP contribution in [0.2, 0.25) is 0 Å². The zero-order valence-corrected chi connectivity index (χ0v) is 9.94. The van der Waals surface area contributed by atoms with E-state index in [-0.39, 0.29) is 17.8 Å². The summed E-state index contributed by atoms with van der Waals surface area (Å²) in [5.74, 6) is -0.429. The van der Waals surface area contributed by atoms with Gasteiger partial charge in [0.05, 0.1) is 18.0 Å². The molecule has 0 amide bonds. The Bertz CT molecular complexity index is 382. The quantitative estimate of drug-likeness (QED) is 0.780. The summed E-state index contributed by atoms with van der Waals surface area (Å²) in [5.41, 5.74) is 0.598. The molecule has 0 radical (unpaired) electrons. The Morgan fingerprint density at radius 1 is 1.38 bits per heavy atom. The van der Waals surface area contributed by atoms with Crippen molar-refractivity contribution in [2.45, 2.75) is 19.4 Å². The molecule has 0 saturated carbocycles. The largest absolute Gasteiger partial charge is 0.301 e. The fraction of sp³-hybridized carbons (Fsp3) is 0.462. The Kier molecular flexibility index (Phi) is 4.45. The van der Waals surface area contributed by atoms with Gasteiger partial charge in [0.2, 0.25) is 0 Å². The van der Waals surface area contributed by atoms with Crippen LogP contribution in [0, 0.1) is 23.1 Å². The van der Waals surface area contributed by atoms with Crippen LogP contribution in [-0.2, 0) is 0 Å². The van der Waals surface area contributed by atoms with Crippen LogP contribution in [-0.4, -0.2) is 19.0 Å². The van der Waals surface area contributed by atoms with Gasteiger partial charge in [0.1, 0.15) is 5.82 Å². The van der Waals surface area contributed by atoms with E-state index in [0.717, 1.165) is 0 Å². The number of hydrogen-bond acceptors (Lipinski definition) is 2. The van der Waals surface area contributed by atoms with Crippen molar-refractivity contribution in [3.05, 3.63) is 35.6 Å². The van der Waals surface area contributed by atoms with E-state index in [1.54, 1.807) is 18.2 Å². The van der Waals surface area contributed by atoms with Gasteiger partial charge >= 0.3 is 0 Å². The maximum Gasteiger partial charge on any atom is 0.128 e. The molecule has 3 heteroatoms. The summed E-state index contributed by atoms with van der Waals surface area (Å²) < 4.78 is 13.7. The van der Waals surface area contributed by atoms with Gasteiger partial charge in [0.15, 0.2) is 0 Å². The molecule has 0 aliphatic carbocycles. The molecule has 0 fully saturated rings. The van der Waals surface area contributed by atoms with Crippen molar-refractivity contribution >= 4 is 0 Å². The van der Waals surface area contributed by atoms with E-state index in [9.17, 15) is 4.39 Å². The van der Waals surface area contributed by atoms with Crippen molar-refractivity contribution in [3.63, 3.8) is 0 Å².